The quantitative estimate of drug-likeness (QED) is 0.563. The van der Waals surface area contributed by atoms with E-state index in [0.29, 0.717) is 36.5 Å². The van der Waals surface area contributed by atoms with Gasteiger partial charge in [-0.2, -0.15) is 4.98 Å². The van der Waals surface area contributed by atoms with Crippen molar-refractivity contribution >= 4 is 23.3 Å². The van der Waals surface area contributed by atoms with Gasteiger partial charge < -0.3 is 24.3 Å². The number of methoxy groups -OCH3 is 1. The summed E-state index contributed by atoms with van der Waals surface area (Å²) in [6, 6.07) is 4.23. The number of halogens is 2. The van der Waals surface area contributed by atoms with Crippen molar-refractivity contribution in [1.29, 1.82) is 0 Å². The van der Waals surface area contributed by atoms with Gasteiger partial charge in [-0.3, -0.25) is 9.18 Å². The highest BCUT2D eigenvalue weighted by Gasteiger charge is 2.44. The minimum atomic E-state index is -0.674. The number of fused-ring (bicyclic) bond motifs is 2. The molecular formula is C26H34F2N4O3. The zero-order chi connectivity index (χ0) is 24.7. The van der Waals surface area contributed by atoms with E-state index in [1.54, 1.807) is 13.2 Å². The molecule has 3 aliphatic rings. The third kappa shape index (κ3) is 4.28. The number of nitrogens with one attached hydrogen (secondary N) is 1. The second-order valence-electron chi connectivity index (χ2n) is 10.1. The fourth-order valence-electron chi connectivity index (χ4n) is 6.00. The van der Waals surface area contributed by atoms with E-state index in [1.165, 1.54) is 12.5 Å². The predicted molar refractivity (Wildman–Crippen MR) is 131 cm³/mol. The number of nitrogens with zero attached hydrogens (tertiary/aromatic N) is 3. The van der Waals surface area contributed by atoms with Gasteiger partial charge >= 0.3 is 0 Å². The molecule has 2 unspecified atom stereocenters. The third-order valence-corrected chi connectivity index (χ3v) is 7.99. The fourth-order valence-corrected chi connectivity index (χ4v) is 6.00. The molecule has 0 saturated carbocycles. The summed E-state index contributed by atoms with van der Waals surface area (Å²) in [7, 11) is 1.67. The van der Waals surface area contributed by atoms with Crippen molar-refractivity contribution in [2.24, 2.45) is 0 Å². The SMILES string of the molecule is CCC1(OC)CN(c2nc(C(=O)Nc3cc(C)c(N4C5CCCC4CC5)c(F)c3)c(CCF)o2)C1. The molecule has 3 saturated heterocycles. The lowest BCUT2D eigenvalue weighted by Gasteiger charge is -2.47. The molecule has 0 spiro atoms. The van der Waals surface area contributed by atoms with Crippen LogP contribution in [0, 0.1) is 12.7 Å². The standard InChI is InChI=1S/C26H34F2N4O3/c1-4-26(34-3)14-31(15-26)25-30-22(21(35-25)10-11-27)24(33)29-17-12-16(2)23(20(28)13-17)32-18-6-5-7-19(32)9-8-18/h12-13,18-19H,4-11,14-15H2,1-3H3,(H,29,33). The van der Waals surface area contributed by atoms with Crippen molar-refractivity contribution in [2.75, 3.05) is 42.0 Å². The number of amides is 1. The van der Waals surface area contributed by atoms with Gasteiger partial charge in [-0.1, -0.05) is 6.92 Å². The summed E-state index contributed by atoms with van der Waals surface area (Å²) in [5.74, 6) is -0.688. The zero-order valence-corrected chi connectivity index (χ0v) is 20.7. The molecule has 0 radical (unpaired) electrons. The van der Waals surface area contributed by atoms with Gasteiger partial charge in [0.05, 0.1) is 25.5 Å². The number of aromatic nitrogens is 1. The molecule has 35 heavy (non-hydrogen) atoms. The first kappa shape index (κ1) is 24.0. The topological polar surface area (TPSA) is 70.8 Å². The summed E-state index contributed by atoms with van der Waals surface area (Å²) < 4.78 is 39.9. The highest BCUT2D eigenvalue weighted by molar-refractivity contribution is 6.04. The number of carbonyl (C=O) groups is 1. The smallest absolute Gasteiger partial charge is 0.298 e. The second kappa shape index (κ2) is 9.41. The second-order valence-corrected chi connectivity index (χ2v) is 10.1. The molecule has 5 rings (SSSR count). The van der Waals surface area contributed by atoms with Crippen LogP contribution in [0.15, 0.2) is 16.5 Å². The third-order valence-electron chi connectivity index (χ3n) is 7.99. The molecule has 2 bridgehead atoms. The molecule has 7 nitrogen and oxygen atoms in total. The van der Waals surface area contributed by atoms with E-state index >= 15 is 4.39 Å². The molecule has 1 N–H and O–H groups in total. The van der Waals surface area contributed by atoms with Crippen LogP contribution in [-0.4, -0.2) is 55.4 Å². The van der Waals surface area contributed by atoms with Gasteiger partial charge in [0.25, 0.3) is 11.9 Å². The number of alkyl halides is 1. The maximum Gasteiger partial charge on any atom is 0.298 e. The molecular weight excluding hydrogens is 454 g/mol. The van der Waals surface area contributed by atoms with Crippen molar-refractivity contribution in [2.45, 2.75) is 76.5 Å². The fraction of sp³-hybridized carbons (Fsp3) is 0.615. The average molecular weight is 489 g/mol. The number of hydrogen-bond acceptors (Lipinski definition) is 6. The van der Waals surface area contributed by atoms with Gasteiger partial charge in [-0.25, -0.2) is 4.39 Å². The predicted octanol–water partition coefficient (Wildman–Crippen LogP) is 5.02. The largest absolute Gasteiger partial charge is 0.428 e. The van der Waals surface area contributed by atoms with Crippen LogP contribution in [0.1, 0.15) is 67.3 Å². The minimum absolute atomic E-state index is 0.0280. The van der Waals surface area contributed by atoms with Gasteiger partial charge in [0.2, 0.25) is 0 Å². The van der Waals surface area contributed by atoms with Gasteiger partial charge in [0.1, 0.15) is 17.2 Å². The van der Waals surface area contributed by atoms with Crippen LogP contribution in [0.3, 0.4) is 0 Å². The van der Waals surface area contributed by atoms with Crippen molar-refractivity contribution in [3.63, 3.8) is 0 Å². The first-order valence-electron chi connectivity index (χ1n) is 12.6. The highest BCUT2D eigenvalue weighted by atomic mass is 19.1. The molecule has 190 valence electrons. The van der Waals surface area contributed by atoms with Gasteiger partial charge in [-0.15, -0.1) is 0 Å². The van der Waals surface area contributed by atoms with Gasteiger partial charge in [0, 0.05) is 31.3 Å². The maximum atomic E-state index is 15.3. The molecule has 2 aromatic rings. The van der Waals surface area contributed by atoms with Crippen molar-refractivity contribution in [1.82, 2.24) is 4.98 Å². The van der Waals surface area contributed by atoms with Crippen LogP contribution in [0.4, 0.5) is 26.2 Å². The van der Waals surface area contributed by atoms with Crippen LogP contribution in [0.5, 0.6) is 0 Å². The minimum Gasteiger partial charge on any atom is -0.428 e. The highest BCUT2D eigenvalue weighted by Crippen LogP contribution is 2.42. The summed E-state index contributed by atoms with van der Waals surface area (Å²) in [6.45, 7) is 4.42. The Balaban J connectivity index is 1.34. The zero-order valence-electron chi connectivity index (χ0n) is 20.7. The molecule has 9 heteroatoms. The summed E-state index contributed by atoms with van der Waals surface area (Å²) in [5.41, 5.74) is 1.55. The maximum absolute atomic E-state index is 15.3. The first-order valence-corrected chi connectivity index (χ1v) is 12.6. The van der Waals surface area contributed by atoms with E-state index in [9.17, 15) is 9.18 Å². The van der Waals surface area contributed by atoms with E-state index in [4.69, 9.17) is 9.15 Å². The summed E-state index contributed by atoms with van der Waals surface area (Å²) in [6.07, 6.45) is 6.39. The molecule has 3 fully saturated rings. The summed E-state index contributed by atoms with van der Waals surface area (Å²) >= 11 is 0. The Bertz CT molecular complexity index is 1050. The normalized spacial score (nSPS) is 22.9. The molecule has 1 aromatic carbocycles. The Hall–Kier alpha value is -2.68. The van der Waals surface area contributed by atoms with Crippen LogP contribution in [-0.2, 0) is 11.2 Å². The number of aryl methyl sites for hydroxylation is 2. The van der Waals surface area contributed by atoms with Crippen LogP contribution in [0.25, 0.3) is 0 Å². The van der Waals surface area contributed by atoms with Gasteiger partial charge in [0.15, 0.2) is 5.69 Å². The Morgan fingerprint density at radius 2 is 1.97 bits per heavy atom. The van der Waals surface area contributed by atoms with Crippen LogP contribution >= 0.6 is 0 Å². The lowest BCUT2D eigenvalue weighted by molar-refractivity contribution is -0.0379. The molecule has 2 atom stereocenters. The molecule has 4 heterocycles. The molecule has 3 aliphatic heterocycles. The van der Waals surface area contributed by atoms with Crippen molar-refractivity contribution < 1.29 is 22.7 Å². The number of hydrogen-bond donors (Lipinski definition) is 1. The number of carbonyl (C=O) groups excluding carboxylic acids is 1. The number of anilines is 3. The van der Waals surface area contributed by atoms with E-state index < -0.39 is 12.6 Å². The Morgan fingerprint density at radius 1 is 1.26 bits per heavy atom. The number of benzene rings is 1. The van der Waals surface area contributed by atoms with Crippen molar-refractivity contribution in [3.8, 4) is 0 Å². The van der Waals surface area contributed by atoms with E-state index in [1.807, 2.05) is 18.7 Å². The Labute approximate surface area is 204 Å². The summed E-state index contributed by atoms with van der Waals surface area (Å²) in [4.78, 5) is 21.6. The van der Waals surface area contributed by atoms with Crippen LogP contribution in [0.2, 0.25) is 0 Å². The average Bonchev–Trinajstić information content (AvgIpc) is 3.30. The van der Waals surface area contributed by atoms with Crippen LogP contribution < -0.4 is 15.1 Å². The van der Waals surface area contributed by atoms with E-state index in [0.717, 1.165) is 37.7 Å². The Kier molecular flexibility index (Phi) is 6.46. The molecule has 0 aliphatic carbocycles. The lowest BCUT2D eigenvalue weighted by atomic mass is 9.91. The number of rotatable bonds is 8. The number of piperidine rings is 1. The number of oxazole rings is 1. The number of ether oxygens (including phenoxy) is 1. The molecule has 1 aromatic heterocycles. The van der Waals surface area contributed by atoms with Crippen molar-refractivity contribution in [3.05, 3.63) is 35.0 Å². The van der Waals surface area contributed by atoms with E-state index in [2.05, 4.69) is 15.2 Å². The molecule has 1 amide bonds. The monoisotopic (exact) mass is 488 g/mol. The first-order chi connectivity index (χ1) is 16.9. The Morgan fingerprint density at radius 3 is 2.57 bits per heavy atom. The van der Waals surface area contributed by atoms with Gasteiger partial charge in [-0.05, 0) is 63.1 Å². The van der Waals surface area contributed by atoms with E-state index in [-0.39, 0.29) is 35.3 Å². The summed E-state index contributed by atoms with van der Waals surface area (Å²) in [5, 5.41) is 2.75. The lowest BCUT2D eigenvalue weighted by Crippen LogP contribution is -2.62.